The van der Waals surface area contributed by atoms with Crippen molar-refractivity contribution in [3.8, 4) is 0 Å². The van der Waals surface area contributed by atoms with Crippen LogP contribution >= 0.6 is 0 Å². The Labute approximate surface area is 283 Å². The van der Waals surface area contributed by atoms with E-state index in [1.54, 1.807) is 13.8 Å². The number of amides is 3. The van der Waals surface area contributed by atoms with Gasteiger partial charge in [-0.1, -0.05) is 103 Å². The molecule has 0 aliphatic carbocycles. The number of hydrogen-bond donors (Lipinski definition) is 6. The van der Waals surface area contributed by atoms with Gasteiger partial charge in [0.05, 0.1) is 24.6 Å². The summed E-state index contributed by atoms with van der Waals surface area (Å²) in [6, 6.07) is 13.4. The van der Waals surface area contributed by atoms with Gasteiger partial charge in [-0.15, -0.1) is 0 Å². The second-order valence-corrected chi connectivity index (χ2v) is 13.1. The molecule has 3 unspecified atom stereocenters. The van der Waals surface area contributed by atoms with Crippen LogP contribution in [0.2, 0.25) is 0 Å². The van der Waals surface area contributed by atoms with Crippen molar-refractivity contribution in [2.24, 2.45) is 23.5 Å². The minimum Gasteiger partial charge on any atom is -0.459 e. The second-order valence-electron chi connectivity index (χ2n) is 13.1. The van der Waals surface area contributed by atoms with Gasteiger partial charge in [-0.25, -0.2) is 4.79 Å². The van der Waals surface area contributed by atoms with Crippen LogP contribution in [0.3, 0.4) is 0 Å². The first kappa shape index (κ1) is 38.2. The van der Waals surface area contributed by atoms with Crippen LogP contribution in [0.4, 0.5) is 0 Å². The number of ether oxygens (including phenoxy) is 1. The molecule has 1 heterocycles. The number of fused-ring (bicyclic) bond motifs is 1. The molecule has 1 aromatic heterocycles. The standard InChI is InChI=1S/C37H53N5O6/c1-7-23(5)32(38)35(45)42-34(24(6)8-2)36(46)40-29(18-26-20-39-28-17-13-12-16-27(26)28)30(43)19-31(44)41-33(22(3)4)37(47)48-21-25-14-10-9-11-15-25/h9-17,20,22-24,29-30,32-34,39,43H,7-8,18-19,21,38H2,1-6H3,(H,40,46)(H,41,44)(H,42,45)/t23?,24?,29-,30?,32-,33-,34-/m0/s1. The molecule has 0 fully saturated rings. The van der Waals surface area contributed by atoms with Gasteiger partial charge < -0.3 is 36.5 Å². The maximum absolute atomic E-state index is 13.8. The van der Waals surface area contributed by atoms with Gasteiger partial charge in [0, 0.05) is 17.1 Å². The van der Waals surface area contributed by atoms with Gasteiger partial charge in [-0.2, -0.15) is 0 Å². The molecule has 11 heteroatoms. The van der Waals surface area contributed by atoms with Crippen molar-refractivity contribution in [1.82, 2.24) is 20.9 Å². The van der Waals surface area contributed by atoms with Crippen molar-refractivity contribution in [3.63, 3.8) is 0 Å². The Morgan fingerprint density at radius 3 is 2.12 bits per heavy atom. The molecule has 2 aromatic carbocycles. The van der Waals surface area contributed by atoms with Crippen molar-refractivity contribution in [2.75, 3.05) is 0 Å². The zero-order valence-corrected chi connectivity index (χ0v) is 29.0. The zero-order chi connectivity index (χ0) is 35.4. The molecule has 0 bridgehead atoms. The summed E-state index contributed by atoms with van der Waals surface area (Å²) in [6.07, 6.45) is 1.61. The van der Waals surface area contributed by atoms with E-state index in [0.29, 0.717) is 12.8 Å². The Morgan fingerprint density at radius 1 is 0.833 bits per heavy atom. The number of rotatable bonds is 18. The maximum atomic E-state index is 13.8. The zero-order valence-electron chi connectivity index (χ0n) is 29.0. The predicted octanol–water partition coefficient (Wildman–Crippen LogP) is 3.73. The molecule has 0 radical (unpaired) electrons. The van der Waals surface area contributed by atoms with Gasteiger partial charge >= 0.3 is 5.97 Å². The fourth-order valence-corrected chi connectivity index (χ4v) is 5.44. The largest absolute Gasteiger partial charge is 0.459 e. The Kier molecular flexibility index (Phi) is 14.6. The highest BCUT2D eigenvalue weighted by Crippen LogP contribution is 2.21. The van der Waals surface area contributed by atoms with Crippen LogP contribution in [0.5, 0.6) is 0 Å². The number of nitrogens with one attached hydrogen (secondary N) is 4. The Hall–Kier alpha value is -4.22. The van der Waals surface area contributed by atoms with Crippen molar-refractivity contribution in [1.29, 1.82) is 0 Å². The molecule has 7 N–H and O–H groups in total. The highest BCUT2D eigenvalue weighted by molar-refractivity contribution is 5.90. The summed E-state index contributed by atoms with van der Waals surface area (Å²) in [4.78, 5) is 56.3. The molecule has 0 spiro atoms. The second kappa shape index (κ2) is 18.4. The van der Waals surface area contributed by atoms with E-state index >= 15 is 0 Å². The molecule has 3 amide bonds. The first-order valence-electron chi connectivity index (χ1n) is 16.9. The van der Waals surface area contributed by atoms with Gasteiger partial charge in [0.15, 0.2) is 0 Å². The lowest BCUT2D eigenvalue weighted by Gasteiger charge is -2.30. The van der Waals surface area contributed by atoms with Crippen LogP contribution in [0, 0.1) is 17.8 Å². The fraction of sp³-hybridized carbons (Fsp3) is 0.514. The summed E-state index contributed by atoms with van der Waals surface area (Å²) in [6.45, 7) is 11.3. The maximum Gasteiger partial charge on any atom is 0.329 e. The minimum atomic E-state index is -1.33. The van der Waals surface area contributed by atoms with E-state index in [-0.39, 0.29) is 37.2 Å². The summed E-state index contributed by atoms with van der Waals surface area (Å²) >= 11 is 0. The third-order valence-corrected chi connectivity index (χ3v) is 9.12. The van der Waals surface area contributed by atoms with Crippen molar-refractivity contribution in [3.05, 3.63) is 71.9 Å². The van der Waals surface area contributed by atoms with Crippen molar-refractivity contribution in [2.45, 2.75) is 104 Å². The molecule has 3 rings (SSSR count). The van der Waals surface area contributed by atoms with Gasteiger partial charge in [-0.3, -0.25) is 14.4 Å². The Bertz CT molecular complexity index is 1490. The average molecular weight is 664 g/mol. The van der Waals surface area contributed by atoms with Crippen molar-refractivity contribution < 1.29 is 29.0 Å². The lowest BCUT2D eigenvalue weighted by atomic mass is 9.94. The number of aliphatic hydroxyl groups is 1. The van der Waals surface area contributed by atoms with Gasteiger partial charge in [0.2, 0.25) is 17.7 Å². The number of para-hydroxylation sites is 1. The van der Waals surface area contributed by atoms with Crippen LogP contribution in [-0.2, 0) is 36.9 Å². The number of carbonyl (C=O) groups is 4. The average Bonchev–Trinajstić information content (AvgIpc) is 3.49. The molecule has 11 nitrogen and oxygen atoms in total. The summed E-state index contributed by atoms with van der Waals surface area (Å²) < 4.78 is 5.48. The number of hydrogen-bond acceptors (Lipinski definition) is 7. The number of esters is 1. The number of aromatic amines is 1. The highest BCUT2D eigenvalue weighted by Gasteiger charge is 2.34. The molecule has 0 aliphatic rings. The normalized spacial score (nSPS) is 15.9. The molecule has 262 valence electrons. The molecule has 0 saturated heterocycles. The van der Waals surface area contributed by atoms with Crippen LogP contribution < -0.4 is 21.7 Å². The van der Waals surface area contributed by atoms with E-state index in [4.69, 9.17) is 10.5 Å². The lowest BCUT2D eigenvalue weighted by Crippen LogP contribution is -2.58. The predicted molar refractivity (Wildman–Crippen MR) is 186 cm³/mol. The smallest absolute Gasteiger partial charge is 0.329 e. The fourth-order valence-electron chi connectivity index (χ4n) is 5.44. The number of nitrogens with two attached hydrogens (primary N) is 1. The molecular weight excluding hydrogens is 610 g/mol. The van der Waals surface area contributed by atoms with E-state index < -0.39 is 54.0 Å². The molecule has 3 aromatic rings. The molecule has 7 atom stereocenters. The summed E-state index contributed by atoms with van der Waals surface area (Å²) in [5.74, 6) is -2.64. The quantitative estimate of drug-likeness (QED) is 0.112. The minimum absolute atomic E-state index is 0.0657. The number of aromatic nitrogens is 1. The van der Waals surface area contributed by atoms with Gasteiger partial charge in [0.25, 0.3) is 0 Å². The third kappa shape index (κ3) is 10.6. The van der Waals surface area contributed by atoms with E-state index in [1.807, 2.05) is 88.5 Å². The van der Waals surface area contributed by atoms with E-state index in [1.165, 1.54) is 0 Å². The van der Waals surface area contributed by atoms with Crippen LogP contribution in [0.25, 0.3) is 10.9 Å². The monoisotopic (exact) mass is 663 g/mol. The molecule has 48 heavy (non-hydrogen) atoms. The Morgan fingerprint density at radius 2 is 1.48 bits per heavy atom. The Balaban J connectivity index is 1.79. The first-order chi connectivity index (χ1) is 22.9. The summed E-state index contributed by atoms with van der Waals surface area (Å²) in [5, 5.41) is 20.9. The number of benzene rings is 2. The molecular formula is C37H53N5O6. The highest BCUT2D eigenvalue weighted by atomic mass is 16.5. The summed E-state index contributed by atoms with van der Waals surface area (Å²) in [7, 11) is 0. The molecule has 0 saturated carbocycles. The lowest BCUT2D eigenvalue weighted by molar-refractivity contribution is -0.150. The van der Waals surface area contributed by atoms with Gasteiger partial charge in [0.1, 0.15) is 18.7 Å². The van der Waals surface area contributed by atoms with E-state index in [9.17, 15) is 24.3 Å². The summed E-state index contributed by atoms with van der Waals surface area (Å²) in [5.41, 5.74) is 8.72. The SMILES string of the molecule is CCC(C)[C@H](N)C(=O)N[C@H](C(=O)N[C@@H](Cc1c[nH]c2ccccc12)C(O)CC(=O)N[C@H](C(=O)OCc1ccccc1)C(C)C)C(C)CC. The first-order valence-corrected chi connectivity index (χ1v) is 16.9. The number of carbonyl (C=O) groups excluding carboxylic acids is 4. The van der Waals surface area contributed by atoms with Crippen LogP contribution in [0.1, 0.15) is 71.9 Å². The number of aliphatic hydroxyl groups excluding tert-OH is 1. The van der Waals surface area contributed by atoms with Crippen LogP contribution in [0.15, 0.2) is 60.8 Å². The van der Waals surface area contributed by atoms with E-state index in [0.717, 1.165) is 22.0 Å². The number of H-pyrrole nitrogens is 1. The topological polar surface area (TPSA) is 176 Å². The van der Waals surface area contributed by atoms with Crippen molar-refractivity contribution >= 4 is 34.6 Å². The van der Waals surface area contributed by atoms with Gasteiger partial charge in [-0.05, 0) is 41.4 Å². The van der Waals surface area contributed by atoms with E-state index in [2.05, 4.69) is 20.9 Å². The third-order valence-electron chi connectivity index (χ3n) is 9.12. The van der Waals surface area contributed by atoms with Crippen LogP contribution in [-0.4, -0.2) is 64.1 Å². The molecule has 0 aliphatic heterocycles.